The average Bonchev–Trinajstić information content (AvgIpc) is 2.38. The van der Waals surface area contributed by atoms with Crippen molar-refractivity contribution in [3.8, 4) is 0 Å². The van der Waals surface area contributed by atoms with Crippen LogP contribution in [0.2, 0.25) is 0 Å². The molecule has 0 atom stereocenters. The van der Waals surface area contributed by atoms with Crippen molar-refractivity contribution in [2.24, 2.45) is 0 Å². The Morgan fingerprint density at radius 2 is 1.90 bits per heavy atom. The Hall–Kier alpha value is -1.89. The maximum absolute atomic E-state index is 12.3. The molecule has 6 nitrogen and oxygen atoms in total. The number of aryl methyl sites for hydroxylation is 1. The van der Waals surface area contributed by atoms with Gasteiger partial charge in [0.2, 0.25) is 0 Å². The molecule has 0 heterocycles. The first kappa shape index (κ1) is 17.2. The van der Waals surface area contributed by atoms with Crippen molar-refractivity contribution in [2.75, 3.05) is 19.3 Å². The molecule has 116 valence electrons. The van der Waals surface area contributed by atoms with E-state index in [1.165, 1.54) is 11.0 Å². The number of rotatable bonds is 6. The number of carbonyl (C=O) groups is 2. The van der Waals surface area contributed by atoms with Crippen LogP contribution in [0, 0.1) is 6.92 Å². The number of benzene rings is 1. The molecule has 0 saturated carbocycles. The predicted molar refractivity (Wildman–Crippen MR) is 78.1 cm³/mol. The molecule has 0 bridgehead atoms. The van der Waals surface area contributed by atoms with Crippen molar-refractivity contribution >= 4 is 21.7 Å². The zero-order chi connectivity index (χ0) is 16.2. The summed E-state index contributed by atoms with van der Waals surface area (Å²) in [6, 6.07) is 4.47. The fourth-order valence-corrected chi connectivity index (χ4v) is 2.94. The summed E-state index contributed by atoms with van der Waals surface area (Å²) in [5, 5.41) is 8.68. The van der Waals surface area contributed by atoms with Crippen LogP contribution in [0.5, 0.6) is 0 Å². The Kier molecular flexibility index (Phi) is 5.48. The Labute approximate surface area is 124 Å². The van der Waals surface area contributed by atoms with Gasteiger partial charge in [-0.05, 0) is 31.5 Å². The van der Waals surface area contributed by atoms with Crippen LogP contribution in [0.25, 0.3) is 0 Å². The number of carboxylic acid groups (broad SMARTS) is 1. The van der Waals surface area contributed by atoms with Crippen LogP contribution in [-0.2, 0) is 14.6 Å². The summed E-state index contributed by atoms with van der Waals surface area (Å²) in [4.78, 5) is 24.4. The predicted octanol–water partition coefficient (Wildman–Crippen LogP) is 1.34. The third-order valence-corrected chi connectivity index (χ3v) is 4.34. The van der Waals surface area contributed by atoms with Crippen LogP contribution in [0.1, 0.15) is 29.3 Å². The van der Waals surface area contributed by atoms with Crippen LogP contribution >= 0.6 is 0 Å². The highest BCUT2D eigenvalue weighted by atomic mass is 32.2. The lowest BCUT2D eigenvalue weighted by Crippen LogP contribution is -2.33. The minimum absolute atomic E-state index is 0.0900. The van der Waals surface area contributed by atoms with Gasteiger partial charge in [0.15, 0.2) is 9.84 Å². The largest absolute Gasteiger partial charge is 0.481 e. The normalized spacial score (nSPS) is 11.2. The van der Waals surface area contributed by atoms with E-state index in [2.05, 4.69) is 0 Å². The molecule has 1 N–H and O–H groups in total. The third kappa shape index (κ3) is 4.56. The number of amides is 1. The number of carbonyl (C=O) groups excluding carboxylic acids is 1. The average molecular weight is 313 g/mol. The van der Waals surface area contributed by atoms with E-state index < -0.39 is 15.8 Å². The molecular weight excluding hydrogens is 294 g/mol. The first-order chi connectivity index (χ1) is 9.66. The van der Waals surface area contributed by atoms with E-state index in [1.807, 2.05) is 0 Å². The van der Waals surface area contributed by atoms with Gasteiger partial charge in [0, 0.05) is 24.9 Å². The molecule has 0 unspecified atom stereocenters. The highest BCUT2D eigenvalue weighted by Gasteiger charge is 2.18. The van der Waals surface area contributed by atoms with Gasteiger partial charge in [0.25, 0.3) is 5.91 Å². The van der Waals surface area contributed by atoms with Crippen LogP contribution in [0.4, 0.5) is 0 Å². The monoisotopic (exact) mass is 313 g/mol. The van der Waals surface area contributed by atoms with Crippen LogP contribution in [-0.4, -0.2) is 49.6 Å². The zero-order valence-electron chi connectivity index (χ0n) is 12.3. The maximum atomic E-state index is 12.3. The second kappa shape index (κ2) is 6.71. The lowest BCUT2D eigenvalue weighted by molar-refractivity contribution is -0.137. The molecule has 0 aliphatic rings. The molecule has 7 heteroatoms. The topological polar surface area (TPSA) is 91.8 Å². The second-order valence-corrected chi connectivity index (χ2v) is 6.77. The van der Waals surface area contributed by atoms with Gasteiger partial charge in [0.05, 0.1) is 11.3 Å². The highest BCUT2D eigenvalue weighted by Crippen LogP contribution is 2.18. The lowest BCUT2D eigenvalue weighted by atomic mass is 10.1. The summed E-state index contributed by atoms with van der Waals surface area (Å²) < 4.78 is 23.4. The van der Waals surface area contributed by atoms with Gasteiger partial charge in [-0.2, -0.15) is 0 Å². The fraction of sp³-hybridized carbons (Fsp3) is 0.429. The molecule has 0 aliphatic carbocycles. The first-order valence-electron chi connectivity index (χ1n) is 6.48. The molecule has 0 radical (unpaired) electrons. The Bertz CT molecular complexity index is 651. The van der Waals surface area contributed by atoms with Gasteiger partial charge in [-0.3, -0.25) is 9.59 Å². The fourth-order valence-electron chi connectivity index (χ4n) is 1.95. The Balaban J connectivity index is 3.09. The van der Waals surface area contributed by atoms with Gasteiger partial charge < -0.3 is 10.0 Å². The lowest BCUT2D eigenvalue weighted by Gasteiger charge is -2.20. The van der Waals surface area contributed by atoms with Crippen LogP contribution in [0.3, 0.4) is 0 Å². The molecule has 0 spiro atoms. The molecule has 0 aromatic heterocycles. The smallest absolute Gasteiger partial charge is 0.305 e. The van der Waals surface area contributed by atoms with Crippen molar-refractivity contribution in [2.45, 2.75) is 25.2 Å². The number of nitrogens with zero attached hydrogens (tertiary/aromatic N) is 1. The van der Waals surface area contributed by atoms with E-state index in [0.29, 0.717) is 12.1 Å². The molecule has 1 amide bonds. The van der Waals surface area contributed by atoms with Crippen molar-refractivity contribution in [1.29, 1.82) is 0 Å². The van der Waals surface area contributed by atoms with Crippen molar-refractivity contribution < 1.29 is 23.1 Å². The molecule has 0 saturated heterocycles. The summed E-state index contributed by atoms with van der Waals surface area (Å²) in [6.07, 6.45) is 0.940. The standard InChI is InChI=1S/C14H19NO5S/c1-4-15(8-7-13(16)17)14(18)11-6-5-10(2)12(9-11)21(3,19)20/h5-6,9H,4,7-8H2,1-3H3,(H,16,17). The number of carboxylic acids is 1. The summed E-state index contributed by atoms with van der Waals surface area (Å²) in [5.41, 5.74) is 0.816. The zero-order valence-corrected chi connectivity index (χ0v) is 13.1. The molecule has 1 rings (SSSR count). The number of hydrogen-bond acceptors (Lipinski definition) is 4. The van der Waals surface area contributed by atoms with Gasteiger partial charge in [-0.1, -0.05) is 6.07 Å². The minimum Gasteiger partial charge on any atom is -0.481 e. The first-order valence-corrected chi connectivity index (χ1v) is 8.37. The number of sulfone groups is 1. The summed E-state index contributed by atoms with van der Waals surface area (Å²) in [5.74, 6) is -1.36. The van der Waals surface area contributed by atoms with Gasteiger partial charge >= 0.3 is 5.97 Å². The quantitative estimate of drug-likeness (QED) is 0.855. The van der Waals surface area contributed by atoms with E-state index in [9.17, 15) is 18.0 Å². The summed E-state index contributed by atoms with van der Waals surface area (Å²) >= 11 is 0. The maximum Gasteiger partial charge on any atom is 0.305 e. The van der Waals surface area contributed by atoms with Crippen molar-refractivity contribution in [1.82, 2.24) is 4.90 Å². The number of aliphatic carboxylic acids is 1. The van der Waals surface area contributed by atoms with Crippen LogP contribution in [0.15, 0.2) is 23.1 Å². The van der Waals surface area contributed by atoms with E-state index in [4.69, 9.17) is 5.11 Å². The molecular formula is C14H19NO5S. The van der Waals surface area contributed by atoms with Gasteiger partial charge in [-0.15, -0.1) is 0 Å². The van der Waals surface area contributed by atoms with E-state index in [-0.39, 0.29) is 29.3 Å². The van der Waals surface area contributed by atoms with E-state index in [1.54, 1.807) is 26.0 Å². The number of hydrogen-bond donors (Lipinski definition) is 1. The molecule has 1 aromatic carbocycles. The third-order valence-electron chi connectivity index (χ3n) is 3.10. The van der Waals surface area contributed by atoms with Crippen LogP contribution < -0.4 is 0 Å². The SMILES string of the molecule is CCN(CCC(=O)O)C(=O)c1ccc(C)c(S(C)(=O)=O)c1. The van der Waals surface area contributed by atoms with E-state index >= 15 is 0 Å². The second-order valence-electron chi connectivity index (χ2n) is 4.78. The molecule has 0 aliphatic heterocycles. The van der Waals surface area contributed by atoms with Crippen molar-refractivity contribution in [3.05, 3.63) is 29.3 Å². The Morgan fingerprint density at radius 3 is 2.38 bits per heavy atom. The highest BCUT2D eigenvalue weighted by molar-refractivity contribution is 7.90. The Morgan fingerprint density at radius 1 is 1.29 bits per heavy atom. The van der Waals surface area contributed by atoms with Gasteiger partial charge in [0.1, 0.15) is 0 Å². The summed E-state index contributed by atoms with van der Waals surface area (Å²) in [6.45, 7) is 3.85. The minimum atomic E-state index is -3.41. The molecule has 0 fully saturated rings. The molecule has 1 aromatic rings. The van der Waals surface area contributed by atoms with Crippen molar-refractivity contribution in [3.63, 3.8) is 0 Å². The molecule has 21 heavy (non-hydrogen) atoms. The van der Waals surface area contributed by atoms with Gasteiger partial charge in [-0.25, -0.2) is 8.42 Å². The summed E-state index contributed by atoms with van der Waals surface area (Å²) in [7, 11) is -3.41. The van der Waals surface area contributed by atoms with E-state index in [0.717, 1.165) is 6.26 Å².